The molecule has 3 heterocycles. The van der Waals surface area contributed by atoms with E-state index < -0.39 is 5.83 Å². The maximum Gasteiger partial charge on any atom is 0.329 e. The first-order valence-corrected chi connectivity index (χ1v) is 12.5. The highest BCUT2D eigenvalue weighted by atomic mass is 35.5. The Morgan fingerprint density at radius 1 is 1.22 bits per heavy atom. The van der Waals surface area contributed by atoms with Gasteiger partial charge in [0.2, 0.25) is 5.95 Å². The van der Waals surface area contributed by atoms with Crippen LogP contribution >= 0.6 is 22.9 Å². The molecule has 7 nitrogen and oxygen atoms in total. The Morgan fingerprint density at radius 2 is 2.00 bits per heavy atom. The number of nitrogens with zero attached hydrogens (tertiary/aromatic N) is 5. The summed E-state index contributed by atoms with van der Waals surface area (Å²) >= 11 is 7.50. The summed E-state index contributed by atoms with van der Waals surface area (Å²) in [6.45, 7) is 10.4. The lowest BCUT2D eigenvalue weighted by molar-refractivity contribution is 0.232. The molecule has 0 saturated carbocycles. The van der Waals surface area contributed by atoms with Crippen LogP contribution < -0.4 is 10.6 Å². The number of carbonyl (C=O) groups is 1. The Balaban J connectivity index is 1.71. The number of urea groups is 1. The second-order valence-electron chi connectivity index (χ2n) is 9.20. The molecule has 1 fully saturated rings. The molecular formula is C26H26ClFN6OS. The minimum Gasteiger partial charge on any atom is -0.368 e. The quantitative estimate of drug-likeness (QED) is 0.371. The number of thiazole rings is 1. The number of halogens is 2. The van der Waals surface area contributed by atoms with Crippen LogP contribution in [0.3, 0.4) is 0 Å². The van der Waals surface area contributed by atoms with Gasteiger partial charge in [-0.3, -0.25) is 9.80 Å². The summed E-state index contributed by atoms with van der Waals surface area (Å²) in [6, 6.07) is 9.25. The van der Waals surface area contributed by atoms with Gasteiger partial charge >= 0.3 is 6.03 Å². The predicted octanol–water partition coefficient (Wildman–Crippen LogP) is 6.51. The Bertz CT molecular complexity index is 1380. The number of amides is 2. The van der Waals surface area contributed by atoms with Crippen molar-refractivity contribution in [3.8, 4) is 21.8 Å². The number of nitrogen functional groups attached to an aromatic ring is 1. The van der Waals surface area contributed by atoms with Gasteiger partial charge in [-0.2, -0.15) is 0 Å². The monoisotopic (exact) mass is 524 g/mol. The zero-order valence-electron chi connectivity index (χ0n) is 20.2. The van der Waals surface area contributed by atoms with Gasteiger partial charge in [0.05, 0.1) is 21.3 Å². The topological polar surface area (TPSA) is 88.2 Å². The number of hydrogen-bond donors (Lipinski definition) is 1. The molecule has 0 bridgehead atoms. The summed E-state index contributed by atoms with van der Waals surface area (Å²) in [5.41, 5.74) is 10.3. The number of aromatic nitrogens is 3. The van der Waals surface area contributed by atoms with Crippen LogP contribution in [0, 0.1) is 0 Å². The minimum absolute atomic E-state index is 0.165. The Morgan fingerprint density at radius 3 is 2.67 bits per heavy atom. The van der Waals surface area contributed by atoms with Crippen molar-refractivity contribution < 1.29 is 9.18 Å². The molecule has 0 radical (unpaired) electrons. The van der Waals surface area contributed by atoms with Crippen molar-refractivity contribution in [3.63, 3.8) is 0 Å². The summed E-state index contributed by atoms with van der Waals surface area (Å²) < 4.78 is 13.1. The Hall–Kier alpha value is -3.56. The fourth-order valence-corrected chi connectivity index (χ4v) is 5.03. The van der Waals surface area contributed by atoms with Crippen LogP contribution in [-0.4, -0.2) is 39.0 Å². The summed E-state index contributed by atoms with van der Waals surface area (Å²) in [5, 5.41) is 0.955. The molecule has 0 unspecified atom stereocenters. The highest BCUT2D eigenvalue weighted by Gasteiger charge is 2.32. The zero-order chi connectivity index (χ0) is 26.0. The van der Waals surface area contributed by atoms with Gasteiger partial charge in [-0.15, -0.1) is 11.3 Å². The minimum atomic E-state index is -0.623. The molecule has 2 N–H and O–H groups in total. The normalized spacial score (nSPS) is 14.8. The van der Waals surface area contributed by atoms with Crippen LogP contribution in [0.4, 0.5) is 20.8 Å². The number of benzene rings is 1. The van der Waals surface area contributed by atoms with Gasteiger partial charge in [-0.05, 0) is 35.9 Å². The van der Waals surface area contributed by atoms with Gasteiger partial charge in [0.15, 0.2) is 0 Å². The van der Waals surface area contributed by atoms with Crippen molar-refractivity contribution in [3.05, 3.63) is 77.3 Å². The Kier molecular flexibility index (Phi) is 7.23. The first kappa shape index (κ1) is 25.5. The Labute approximate surface area is 218 Å². The molecule has 10 heteroatoms. The molecule has 2 aromatic heterocycles. The number of rotatable bonds is 6. The van der Waals surface area contributed by atoms with Crippen molar-refractivity contribution in [2.24, 2.45) is 0 Å². The fourth-order valence-electron chi connectivity index (χ4n) is 3.71. The lowest BCUT2D eigenvalue weighted by Gasteiger charge is -2.19. The maximum absolute atomic E-state index is 13.2. The number of hydrogen-bond acceptors (Lipinski definition) is 6. The van der Waals surface area contributed by atoms with Crippen LogP contribution in [0.2, 0.25) is 0 Å². The van der Waals surface area contributed by atoms with Crippen LogP contribution in [0.5, 0.6) is 0 Å². The van der Waals surface area contributed by atoms with E-state index in [1.165, 1.54) is 22.6 Å². The van der Waals surface area contributed by atoms with Gasteiger partial charge < -0.3 is 5.73 Å². The molecule has 1 aliphatic heterocycles. The van der Waals surface area contributed by atoms with Crippen LogP contribution in [0.25, 0.3) is 21.8 Å². The first-order chi connectivity index (χ1) is 17.1. The third-order valence-corrected chi connectivity index (χ3v) is 7.23. The molecule has 3 aromatic rings. The van der Waals surface area contributed by atoms with Gasteiger partial charge in [-0.25, -0.2) is 24.1 Å². The fraction of sp³-hybridized carbons (Fsp3) is 0.231. The standard InChI is InChI=1S/C26H26ClFN6OS/c1-16(28)8-9-19(15-27)34-13-12-33(25(34)35)18-7-5-6-17(14-18)22-21(20-10-11-30-24(29)31-20)32-23(36-22)26(2,3)4/h5-11,14-15H,1,12-13H2,2-4H3,(H2,29,30,31). The number of anilines is 2. The first-order valence-electron chi connectivity index (χ1n) is 11.2. The third kappa shape index (κ3) is 5.32. The van der Waals surface area contributed by atoms with E-state index in [9.17, 15) is 9.18 Å². The molecule has 186 valence electrons. The highest BCUT2D eigenvalue weighted by Crippen LogP contribution is 2.41. The van der Waals surface area contributed by atoms with E-state index in [-0.39, 0.29) is 17.4 Å². The second-order valence-corrected chi connectivity index (χ2v) is 10.4. The van der Waals surface area contributed by atoms with E-state index in [1.54, 1.807) is 28.5 Å². The van der Waals surface area contributed by atoms with Crippen molar-refractivity contribution in [2.45, 2.75) is 26.2 Å². The van der Waals surface area contributed by atoms with Gasteiger partial charge in [0, 0.05) is 35.9 Å². The van der Waals surface area contributed by atoms with Crippen molar-refractivity contribution in [2.75, 3.05) is 23.7 Å². The van der Waals surface area contributed by atoms with Crippen LogP contribution in [-0.2, 0) is 5.41 Å². The van der Waals surface area contributed by atoms with E-state index in [2.05, 4.69) is 37.3 Å². The molecule has 0 aliphatic carbocycles. The van der Waals surface area contributed by atoms with Gasteiger partial charge in [0.25, 0.3) is 0 Å². The third-order valence-electron chi connectivity index (χ3n) is 5.47. The van der Waals surface area contributed by atoms with Crippen LogP contribution in [0.1, 0.15) is 25.8 Å². The number of allylic oxidation sites excluding steroid dienone is 3. The van der Waals surface area contributed by atoms with E-state index in [0.717, 1.165) is 26.8 Å². The largest absolute Gasteiger partial charge is 0.368 e. The van der Waals surface area contributed by atoms with Crippen molar-refractivity contribution in [1.29, 1.82) is 0 Å². The molecule has 1 saturated heterocycles. The SMILES string of the molecule is C=C(F)C=CC(=CCl)N1CCN(c2cccc(-c3sc(C(C)(C)C)nc3-c3ccnc(N)n3)c2)C1=O. The highest BCUT2D eigenvalue weighted by molar-refractivity contribution is 7.15. The van der Waals surface area contributed by atoms with Crippen molar-refractivity contribution >= 4 is 40.6 Å². The van der Waals surface area contributed by atoms with Gasteiger partial charge in [0.1, 0.15) is 11.5 Å². The summed E-state index contributed by atoms with van der Waals surface area (Å²) in [5.74, 6) is -0.448. The average Bonchev–Trinajstić information content (AvgIpc) is 3.44. The number of carbonyl (C=O) groups excluding carboxylic acids is 1. The average molecular weight is 525 g/mol. The van der Waals surface area contributed by atoms with E-state index >= 15 is 0 Å². The van der Waals surface area contributed by atoms with Crippen molar-refractivity contribution in [1.82, 2.24) is 19.9 Å². The lowest BCUT2D eigenvalue weighted by atomic mass is 9.98. The van der Waals surface area contributed by atoms with E-state index in [4.69, 9.17) is 22.3 Å². The van der Waals surface area contributed by atoms with E-state index in [0.29, 0.717) is 24.5 Å². The molecule has 2 amide bonds. The molecule has 1 aromatic carbocycles. The van der Waals surface area contributed by atoms with E-state index in [1.807, 2.05) is 24.3 Å². The smallest absolute Gasteiger partial charge is 0.329 e. The maximum atomic E-state index is 13.2. The molecular weight excluding hydrogens is 499 g/mol. The summed E-state index contributed by atoms with van der Waals surface area (Å²) in [6.07, 6.45) is 4.21. The second kappa shape index (κ2) is 10.2. The molecule has 0 atom stereocenters. The predicted molar refractivity (Wildman–Crippen MR) is 144 cm³/mol. The molecule has 1 aliphatic rings. The number of nitrogens with two attached hydrogens (primary N) is 1. The van der Waals surface area contributed by atoms with Gasteiger partial charge in [-0.1, -0.05) is 51.1 Å². The molecule has 36 heavy (non-hydrogen) atoms. The zero-order valence-corrected chi connectivity index (χ0v) is 21.8. The molecule has 4 rings (SSSR count). The molecule has 0 spiro atoms. The summed E-state index contributed by atoms with van der Waals surface area (Å²) in [7, 11) is 0. The summed E-state index contributed by atoms with van der Waals surface area (Å²) in [4.78, 5) is 30.6. The lowest BCUT2D eigenvalue weighted by Crippen LogP contribution is -2.30. The van der Waals surface area contributed by atoms with Crippen LogP contribution in [0.15, 0.2) is 72.3 Å².